The molecule has 1 fully saturated rings. The number of hydrogen-bond acceptors (Lipinski definition) is 4. The van der Waals surface area contributed by atoms with E-state index < -0.39 is 0 Å². The van der Waals surface area contributed by atoms with Gasteiger partial charge in [-0.1, -0.05) is 31.5 Å². The number of hydrogen-bond donors (Lipinski definition) is 1. The zero-order chi connectivity index (χ0) is 19.4. The summed E-state index contributed by atoms with van der Waals surface area (Å²) in [4.78, 5) is 32.4. The van der Waals surface area contributed by atoms with Crippen LogP contribution in [0.5, 0.6) is 0 Å². The molecule has 27 heavy (non-hydrogen) atoms. The Bertz CT molecular complexity index is 818. The maximum Gasteiger partial charge on any atom is 0.274 e. The van der Waals surface area contributed by atoms with Gasteiger partial charge in [0.1, 0.15) is 5.69 Å². The van der Waals surface area contributed by atoms with Crippen LogP contribution in [-0.2, 0) is 4.79 Å². The predicted molar refractivity (Wildman–Crippen MR) is 107 cm³/mol. The lowest BCUT2D eigenvalue weighted by atomic mass is 10.1. The van der Waals surface area contributed by atoms with Gasteiger partial charge in [-0.05, 0) is 30.3 Å². The normalized spacial score (nSPS) is 14.4. The van der Waals surface area contributed by atoms with Crippen molar-refractivity contribution in [1.82, 2.24) is 9.88 Å². The van der Waals surface area contributed by atoms with Gasteiger partial charge in [-0.15, -0.1) is 0 Å². The van der Waals surface area contributed by atoms with Crippen LogP contribution < -0.4 is 10.2 Å². The van der Waals surface area contributed by atoms with Crippen LogP contribution in [0.15, 0.2) is 42.6 Å². The first-order chi connectivity index (χ1) is 13.0. The number of carbonyl (C=O) groups excluding carboxylic acids is 2. The van der Waals surface area contributed by atoms with E-state index in [1.54, 1.807) is 30.5 Å². The van der Waals surface area contributed by atoms with Crippen LogP contribution in [0, 0.1) is 5.92 Å². The number of nitrogens with zero attached hydrogens (tertiary/aromatic N) is 3. The van der Waals surface area contributed by atoms with Crippen molar-refractivity contribution >= 4 is 34.8 Å². The minimum absolute atomic E-state index is 0.0159. The van der Waals surface area contributed by atoms with E-state index >= 15 is 0 Å². The number of rotatable bonds is 4. The molecule has 2 amide bonds. The number of aromatic nitrogens is 1. The van der Waals surface area contributed by atoms with Gasteiger partial charge >= 0.3 is 0 Å². The summed E-state index contributed by atoms with van der Waals surface area (Å²) in [5.74, 6) is -0.0734. The first-order valence-corrected chi connectivity index (χ1v) is 9.39. The molecule has 0 atom stereocenters. The number of amides is 2. The van der Waals surface area contributed by atoms with E-state index in [-0.39, 0.29) is 17.7 Å². The smallest absolute Gasteiger partial charge is 0.274 e. The molecule has 2 aromatic rings. The molecule has 0 bridgehead atoms. The van der Waals surface area contributed by atoms with Crippen molar-refractivity contribution in [3.05, 3.63) is 53.3 Å². The number of anilines is 2. The number of halogens is 1. The van der Waals surface area contributed by atoms with E-state index in [2.05, 4.69) is 15.2 Å². The van der Waals surface area contributed by atoms with Crippen LogP contribution in [0.4, 0.5) is 11.4 Å². The zero-order valence-electron chi connectivity index (χ0n) is 15.5. The zero-order valence-corrected chi connectivity index (χ0v) is 16.2. The Hall–Kier alpha value is -2.60. The van der Waals surface area contributed by atoms with E-state index in [0.717, 1.165) is 18.8 Å². The number of piperazine rings is 1. The lowest BCUT2D eigenvalue weighted by molar-refractivity contribution is -0.134. The molecule has 0 aliphatic carbocycles. The molecule has 0 saturated carbocycles. The van der Waals surface area contributed by atoms with E-state index in [0.29, 0.717) is 29.5 Å². The van der Waals surface area contributed by atoms with E-state index in [9.17, 15) is 9.59 Å². The lowest BCUT2D eigenvalue weighted by Gasteiger charge is -2.37. The molecule has 7 heteroatoms. The highest BCUT2D eigenvalue weighted by Crippen LogP contribution is 2.30. The summed E-state index contributed by atoms with van der Waals surface area (Å²) in [6.07, 6.45) is 1.58. The molecule has 1 aliphatic heterocycles. The Morgan fingerprint density at radius 2 is 1.85 bits per heavy atom. The molecule has 6 nitrogen and oxygen atoms in total. The van der Waals surface area contributed by atoms with Crippen molar-refractivity contribution in [3.8, 4) is 0 Å². The van der Waals surface area contributed by atoms with Crippen molar-refractivity contribution in [2.75, 3.05) is 36.4 Å². The van der Waals surface area contributed by atoms with Crippen molar-refractivity contribution < 1.29 is 9.59 Å². The second kappa shape index (κ2) is 8.39. The summed E-state index contributed by atoms with van der Waals surface area (Å²) in [7, 11) is 0. The van der Waals surface area contributed by atoms with Crippen LogP contribution in [0.1, 0.15) is 24.3 Å². The third-order valence-corrected chi connectivity index (χ3v) is 4.83. The number of pyridine rings is 1. The van der Waals surface area contributed by atoms with Gasteiger partial charge in [0, 0.05) is 44.0 Å². The fourth-order valence-corrected chi connectivity index (χ4v) is 3.37. The van der Waals surface area contributed by atoms with Gasteiger partial charge in [-0.25, -0.2) is 0 Å². The Kier molecular flexibility index (Phi) is 5.96. The van der Waals surface area contributed by atoms with Crippen molar-refractivity contribution in [2.45, 2.75) is 13.8 Å². The van der Waals surface area contributed by atoms with Crippen LogP contribution in [0.2, 0.25) is 5.02 Å². The Balaban J connectivity index is 1.64. The highest BCUT2D eigenvalue weighted by molar-refractivity contribution is 6.33. The maximum absolute atomic E-state index is 12.2. The molecular formula is C20H23ClN4O2. The lowest BCUT2D eigenvalue weighted by Crippen LogP contribution is -2.50. The van der Waals surface area contributed by atoms with Gasteiger partial charge < -0.3 is 15.1 Å². The molecule has 1 aliphatic rings. The minimum Gasteiger partial charge on any atom is -0.367 e. The van der Waals surface area contributed by atoms with Gasteiger partial charge in [-0.2, -0.15) is 0 Å². The Morgan fingerprint density at radius 1 is 1.11 bits per heavy atom. The van der Waals surface area contributed by atoms with E-state index in [4.69, 9.17) is 11.6 Å². The fraction of sp³-hybridized carbons (Fsp3) is 0.350. The minimum atomic E-state index is -0.278. The molecule has 1 aromatic carbocycles. The number of carbonyl (C=O) groups is 2. The highest BCUT2D eigenvalue weighted by Gasteiger charge is 2.24. The maximum atomic E-state index is 12.2. The molecule has 0 radical (unpaired) electrons. The molecule has 1 saturated heterocycles. The number of nitrogens with one attached hydrogen (secondary N) is 1. The van der Waals surface area contributed by atoms with Gasteiger partial charge in [0.15, 0.2) is 0 Å². The average molecular weight is 387 g/mol. The summed E-state index contributed by atoms with van der Waals surface area (Å²) in [6.45, 7) is 6.68. The first kappa shape index (κ1) is 19.2. The quantitative estimate of drug-likeness (QED) is 0.875. The van der Waals surface area contributed by atoms with Crippen LogP contribution >= 0.6 is 11.6 Å². The Morgan fingerprint density at radius 3 is 2.44 bits per heavy atom. The largest absolute Gasteiger partial charge is 0.367 e. The summed E-state index contributed by atoms with van der Waals surface area (Å²) in [5, 5.41) is 3.37. The van der Waals surface area contributed by atoms with Crippen molar-refractivity contribution in [1.29, 1.82) is 0 Å². The molecule has 1 aromatic heterocycles. The molecule has 142 valence electrons. The molecule has 0 unspecified atom stereocenters. The second-order valence-corrected chi connectivity index (χ2v) is 7.21. The summed E-state index contributed by atoms with van der Waals surface area (Å²) in [5.41, 5.74) is 1.88. The standard InChI is InChI=1S/C20H23ClN4O2/c1-14(2)20(27)25-11-9-24(10-12-25)18-7-6-15(13-16(18)21)23-19(26)17-5-3-4-8-22-17/h3-8,13-14H,9-12H2,1-2H3,(H,23,26). The van der Waals surface area contributed by atoms with Gasteiger partial charge in [0.2, 0.25) is 5.91 Å². The average Bonchev–Trinajstić information content (AvgIpc) is 2.68. The SMILES string of the molecule is CC(C)C(=O)N1CCN(c2ccc(NC(=O)c3ccccn3)cc2Cl)CC1. The second-order valence-electron chi connectivity index (χ2n) is 6.80. The predicted octanol–water partition coefficient (Wildman–Crippen LogP) is 3.29. The summed E-state index contributed by atoms with van der Waals surface area (Å²) < 4.78 is 0. The topological polar surface area (TPSA) is 65.5 Å². The molecule has 1 N–H and O–H groups in total. The van der Waals surface area contributed by atoms with Crippen molar-refractivity contribution in [3.63, 3.8) is 0 Å². The van der Waals surface area contributed by atoms with Gasteiger partial charge in [-0.3, -0.25) is 14.6 Å². The molecular weight excluding hydrogens is 364 g/mol. The number of benzene rings is 1. The molecule has 3 rings (SSSR count). The Labute approximate surface area is 164 Å². The monoisotopic (exact) mass is 386 g/mol. The third-order valence-electron chi connectivity index (χ3n) is 4.53. The van der Waals surface area contributed by atoms with Gasteiger partial charge in [0.05, 0.1) is 10.7 Å². The van der Waals surface area contributed by atoms with Crippen LogP contribution in [0.3, 0.4) is 0 Å². The molecule has 2 heterocycles. The van der Waals surface area contributed by atoms with Crippen LogP contribution in [-0.4, -0.2) is 47.9 Å². The molecule has 0 spiro atoms. The van der Waals surface area contributed by atoms with Crippen molar-refractivity contribution in [2.24, 2.45) is 5.92 Å². The van der Waals surface area contributed by atoms with Gasteiger partial charge in [0.25, 0.3) is 5.91 Å². The third kappa shape index (κ3) is 4.57. The highest BCUT2D eigenvalue weighted by atomic mass is 35.5. The summed E-state index contributed by atoms with van der Waals surface area (Å²) in [6, 6.07) is 10.6. The van der Waals surface area contributed by atoms with E-state index in [1.807, 2.05) is 30.9 Å². The first-order valence-electron chi connectivity index (χ1n) is 9.01. The van der Waals surface area contributed by atoms with E-state index in [1.165, 1.54) is 0 Å². The fourth-order valence-electron chi connectivity index (χ4n) is 3.07. The summed E-state index contributed by atoms with van der Waals surface area (Å²) >= 11 is 6.45. The van der Waals surface area contributed by atoms with Crippen LogP contribution in [0.25, 0.3) is 0 Å².